The molecule has 0 bridgehead atoms. The zero-order valence-corrected chi connectivity index (χ0v) is 6.57. The molecule has 4 nitrogen and oxygen atoms in total. The molecule has 0 aromatic rings. The Morgan fingerprint density at radius 1 is 1.00 bits per heavy atom. The molecule has 0 heterocycles. The van der Waals surface area contributed by atoms with Gasteiger partial charge >= 0.3 is 0 Å². The van der Waals surface area contributed by atoms with E-state index < -0.39 is 0 Å². The van der Waals surface area contributed by atoms with Crippen molar-refractivity contribution < 1.29 is 15.3 Å². The van der Waals surface area contributed by atoms with Gasteiger partial charge in [0.2, 0.25) is 0 Å². The van der Waals surface area contributed by atoms with E-state index in [4.69, 9.17) is 15.3 Å². The van der Waals surface area contributed by atoms with E-state index in [9.17, 15) is 0 Å². The number of rotatable bonds is 2. The summed E-state index contributed by atoms with van der Waals surface area (Å²) >= 11 is 0. The molecule has 0 unspecified atom stereocenters. The molecule has 0 aromatic heterocycles. The van der Waals surface area contributed by atoms with Gasteiger partial charge in [-0.2, -0.15) is 0 Å². The third-order valence-electron chi connectivity index (χ3n) is 2.05. The molecule has 0 aromatic carbocycles. The van der Waals surface area contributed by atoms with E-state index in [0.29, 0.717) is 0 Å². The molecular weight excluding hydrogens is 146 g/mol. The Labute approximate surface area is 66.2 Å². The third-order valence-corrected chi connectivity index (χ3v) is 2.05. The number of nitrogens with zero attached hydrogens (tertiary/aromatic N) is 1. The van der Waals surface area contributed by atoms with Crippen molar-refractivity contribution in [1.82, 2.24) is 5.39 Å². The van der Waals surface area contributed by atoms with Gasteiger partial charge < -0.3 is 0 Å². The third kappa shape index (κ3) is 3.67. The van der Waals surface area contributed by atoms with Crippen molar-refractivity contribution in [3.63, 3.8) is 0 Å². The summed E-state index contributed by atoms with van der Waals surface area (Å²) in [6, 6.07) is 0. The van der Waals surface area contributed by atoms with Crippen LogP contribution < -0.4 is 0 Å². The molecule has 1 aliphatic carbocycles. The minimum absolute atomic E-state index is 0.00694. The summed E-state index contributed by atoms with van der Waals surface area (Å²) in [5.41, 5.74) is 0. The van der Waals surface area contributed by atoms with Crippen LogP contribution in [0.3, 0.4) is 0 Å². The largest absolute Gasteiger partial charge is 0.266 e. The Morgan fingerprint density at radius 3 is 2.00 bits per heavy atom. The SMILES string of the molecule is ON(O)OC1CCCCCC1. The lowest BCUT2D eigenvalue weighted by molar-refractivity contribution is -0.505. The highest BCUT2D eigenvalue weighted by molar-refractivity contribution is 4.62. The van der Waals surface area contributed by atoms with Crippen LogP contribution in [0.2, 0.25) is 0 Å². The van der Waals surface area contributed by atoms with E-state index in [2.05, 4.69) is 0 Å². The second kappa shape index (κ2) is 4.66. The van der Waals surface area contributed by atoms with Gasteiger partial charge in [-0.3, -0.25) is 10.4 Å². The zero-order valence-electron chi connectivity index (χ0n) is 6.57. The molecular formula is C7H15NO3. The molecule has 66 valence electrons. The molecule has 0 atom stereocenters. The minimum Gasteiger partial charge on any atom is -0.266 e. The fraction of sp³-hybridized carbons (Fsp3) is 1.00. The zero-order chi connectivity index (χ0) is 8.10. The molecule has 0 saturated heterocycles. The summed E-state index contributed by atoms with van der Waals surface area (Å²) in [7, 11) is 0. The molecule has 0 radical (unpaired) electrons. The second-order valence-corrected chi connectivity index (χ2v) is 2.97. The van der Waals surface area contributed by atoms with Crippen molar-refractivity contribution in [2.75, 3.05) is 0 Å². The molecule has 4 heteroatoms. The maximum absolute atomic E-state index is 8.36. The van der Waals surface area contributed by atoms with Crippen molar-refractivity contribution in [3.8, 4) is 0 Å². The van der Waals surface area contributed by atoms with Crippen molar-refractivity contribution in [1.29, 1.82) is 0 Å². The summed E-state index contributed by atoms with van der Waals surface area (Å²) in [5.74, 6) is 0. The van der Waals surface area contributed by atoms with Crippen LogP contribution in [-0.2, 0) is 4.84 Å². The van der Waals surface area contributed by atoms with Gasteiger partial charge in [0.25, 0.3) is 0 Å². The van der Waals surface area contributed by atoms with Crippen molar-refractivity contribution >= 4 is 0 Å². The topological polar surface area (TPSA) is 52.9 Å². The van der Waals surface area contributed by atoms with Crippen molar-refractivity contribution in [2.24, 2.45) is 0 Å². The quantitative estimate of drug-likeness (QED) is 0.478. The summed E-state index contributed by atoms with van der Waals surface area (Å²) in [4.78, 5) is 4.72. The van der Waals surface area contributed by atoms with Gasteiger partial charge in [0.05, 0.1) is 11.5 Å². The second-order valence-electron chi connectivity index (χ2n) is 2.97. The summed E-state index contributed by atoms with van der Waals surface area (Å²) in [6.07, 6.45) is 6.56. The lowest BCUT2D eigenvalue weighted by Gasteiger charge is -2.15. The van der Waals surface area contributed by atoms with Gasteiger partial charge in [0.1, 0.15) is 0 Å². The maximum Gasteiger partial charge on any atom is 0.0844 e. The minimum atomic E-state index is -0.171. The van der Waals surface area contributed by atoms with Gasteiger partial charge in [0.15, 0.2) is 0 Å². The first-order valence-corrected chi connectivity index (χ1v) is 4.13. The normalized spacial score (nSPS) is 22.1. The fourth-order valence-electron chi connectivity index (χ4n) is 1.48. The van der Waals surface area contributed by atoms with Crippen molar-refractivity contribution in [3.05, 3.63) is 0 Å². The van der Waals surface area contributed by atoms with E-state index >= 15 is 0 Å². The molecule has 0 amide bonds. The Morgan fingerprint density at radius 2 is 1.55 bits per heavy atom. The molecule has 1 aliphatic rings. The van der Waals surface area contributed by atoms with E-state index in [0.717, 1.165) is 25.7 Å². The summed E-state index contributed by atoms with van der Waals surface area (Å²) in [6.45, 7) is 0. The number of hydrogen-bond donors (Lipinski definition) is 2. The lowest BCUT2D eigenvalue weighted by atomic mass is 10.2. The standard InChI is InChI=1S/C7H15NO3/c9-8(10)11-7-5-3-1-2-4-6-7/h7,9-10H,1-6H2. The molecule has 0 spiro atoms. The van der Waals surface area contributed by atoms with Crippen LogP contribution in [0.5, 0.6) is 0 Å². The highest BCUT2D eigenvalue weighted by atomic mass is 17.1. The molecule has 1 saturated carbocycles. The van der Waals surface area contributed by atoms with Crippen LogP contribution in [0.15, 0.2) is 0 Å². The first-order chi connectivity index (χ1) is 5.29. The fourth-order valence-corrected chi connectivity index (χ4v) is 1.48. The van der Waals surface area contributed by atoms with Crippen LogP contribution >= 0.6 is 0 Å². The van der Waals surface area contributed by atoms with E-state index in [1.165, 1.54) is 12.8 Å². The number of hydrogen-bond acceptors (Lipinski definition) is 4. The monoisotopic (exact) mass is 161 g/mol. The predicted octanol–water partition coefficient (Wildman–Crippen LogP) is 1.72. The van der Waals surface area contributed by atoms with Crippen LogP contribution in [0.4, 0.5) is 0 Å². The van der Waals surface area contributed by atoms with Crippen LogP contribution in [-0.4, -0.2) is 21.9 Å². The Kier molecular flexibility index (Phi) is 3.79. The molecule has 0 aliphatic heterocycles. The molecule has 2 N–H and O–H groups in total. The Balaban J connectivity index is 2.20. The van der Waals surface area contributed by atoms with E-state index in [1.54, 1.807) is 0 Å². The highest BCUT2D eigenvalue weighted by Crippen LogP contribution is 2.19. The van der Waals surface area contributed by atoms with E-state index in [-0.39, 0.29) is 11.5 Å². The molecule has 1 rings (SSSR count). The van der Waals surface area contributed by atoms with Gasteiger partial charge in [-0.1, -0.05) is 25.7 Å². The molecule has 11 heavy (non-hydrogen) atoms. The Bertz CT molecular complexity index is 99.9. The first-order valence-electron chi connectivity index (χ1n) is 4.13. The highest BCUT2D eigenvalue weighted by Gasteiger charge is 2.14. The summed E-state index contributed by atoms with van der Waals surface area (Å²) < 4.78 is 0. The Hall–Kier alpha value is -0.160. The predicted molar refractivity (Wildman–Crippen MR) is 38.0 cm³/mol. The smallest absolute Gasteiger partial charge is 0.0844 e. The van der Waals surface area contributed by atoms with Crippen LogP contribution in [0, 0.1) is 0 Å². The summed E-state index contributed by atoms with van der Waals surface area (Å²) in [5, 5.41) is 16.6. The van der Waals surface area contributed by atoms with Gasteiger partial charge in [-0.15, -0.1) is 0 Å². The van der Waals surface area contributed by atoms with Gasteiger partial charge in [-0.25, -0.2) is 4.84 Å². The van der Waals surface area contributed by atoms with Crippen molar-refractivity contribution in [2.45, 2.75) is 44.6 Å². The van der Waals surface area contributed by atoms with E-state index in [1.807, 2.05) is 0 Å². The lowest BCUT2D eigenvalue weighted by Crippen LogP contribution is -2.23. The van der Waals surface area contributed by atoms with Gasteiger partial charge in [0, 0.05) is 0 Å². The van der Waals surface area contributed by atoms with Gasteiger partial charge in [-0.05, 0) is 12.8 Å². The average molecular weight is 161 g/mol. The van der Waals surface area contributed by atoms with Crippen LogP contribution in [0.25, 0.3) is 0 Å². The maximum atomic E-state index is 8.36. The average Bonchev–Trinajstić information content (AvgIpc) is 2.14. The first kappa shape index (κ1) is 8.93. The molecule has 1 fully saturated rings. The van der Waals surface area contributed by atoms with Crippen LogP contribution in [0.1, 0.15) is 38.5 Å².